The van der Waals surface area contributed by atoms with Crippen LogP contribution in [0, 0.1) is 11.8 Å². The largest absolute Gasteiger partial charge is 0.480 e. The van der Waals surface area contributed by atoms with Crippen LogP contribution in [0.5, 0.6) is 0 Å². The highest BCUT2D eigenvalue weighted by Gasteiger charge is 2.43. The number of carbonyl (C=O) groups excluding carboxylic acids is 2. The maximum absolute atomic E-state index is 13.3. The fraction of sp³-hybridized carbons (Fsp3) is 0.640. The normalized spacial score (nSPS) is 24.8. The predicted molar refractivity (Wildman–Crippen MR) is 121 cm³/mol. The molecule has 5 atom stereocenters. The number of esters is 1. The van der Waals surface area contributed by atoms with Crippen molar-refractivity contribution in [2.75, 3.05) is 13.2 Å². The van der Waals surface area contributed by atoms with Crippen LogP contribution < -0.4 is 5.32 Å². The smallest absolute Gasteiger partial charge is 0.326 e. The number of fused-ring (bicyclic) bond motifs is 1. The van der Waals surface area contributed by atoms with Crippen molar-refractivity contribution in [1.82, 2.24) is 10.2 Å². The maximum atomic E-state index is 13.3. The molecule has 1 heterocycles. The lowest BCUT2D eigenvalue weighted by molar-refractivity contribution is -0.157. The number of piperidine rings is 1. The van der Waals surface area contributed by atoms with Crippen molar-refractivity contribution in [2.24, 2.45) is 11.8 Å². The van der Waals surface area contributed by atoms with Crippen LogP contribution in [-0.4, -0.2) is 59.1 Å². The molecule has 0 spiro atoms. The number of hydrogen-bond acceptors (Lipinski definition) is 5. The molecule has 0 bridgehead atoms. The Hall–Kier alpha value is -2.41. The second-order valence-electron chi connectivity index (χ2n) is 9.10. The number of carboxylic acid groups (broad SMARTS) is 1. The van der Waals surface area contributed by atoms with Crippen LogP contribution >= 0.6 is 0 Å². The van der Waals surface area contributed by atoms with Gasteiger partial charge in [-0.3, -0.25) is 14.9 Å². The predicted octanol–water partition coefficient (Wildman–Crippen LogP) is 3.02. The molecule has 1 amide bonds. The summed E-state index contributed by atoms with van der Waals surface area (Å²) in [6, 6.07) is 7.75. The van der Waals surface area contributed by atoms with E-state index in [4.69, 9.17) is 4.74 Å². The lowest BCUT2D eigenvalue weighted by Crippen LogP contribution is -2.59. The van der Waals surface area contributed by atoms with Crippen LogP contribution in [0.15, 0.2) is 30.3 Å². The molecule has 3 unspecified atom stereocenters. The van der Waals surface area contributed by atoms with E-state index in [1.54, 1.807) is 13.8 Å². The van der Waals surface area contributed by atoms with Gasteiger partial charge in [0.05, 0.1) is 12.6 Å². The molecule has 2 fully saturated rings. The third kappa shape index (κ3) is 6.09. The number of benzene rings is 1. The van der Waals surface area contributed by atoms with Crippen molar-refractivity contribution in [1.29, 1.82) is 0 Å². The minimum absolute atomic E-state index is 0.254. The molecule has 32 heavy (non-hydrogen) atoms. The van der Waals surface area contributed by atoms with Crippen molar-refractivity contribution < 1.29 is 24.2 Å². The van der Waals surface area contributed by atoms with Gasteiger partial charge in [0.1, 0.15) is 12.1 Å². The molecule has 1 aliphatic heterocycles. The highest BCUT2D eigenvalue weighted by molar-refractivity contribution is 5.87. The molecule has 1 aromatic rings. The maximum Gasteiger partial charge on any atom is 0.326 e. The monoisotopic (exact) mass is 444 g/mol. The van der Waals surface area contributed by atoms with Crippen LogP contribution in [-0.2, 0) is 25.5 Å². The second kappa shape index (κ2) is 11.5. The number of amides is 1. The van der Waals surface area contributed by atoms with Crippen LogP contribution in [0.2, 0.25) is 0 Å². The van der Waals surface area contributed by atoms with E-state index in [2.05, 4.69) is 5.32 Å². The summed E-state index contributed by atoms with van der Waals surface area (Å²) in [6.45, 7) is 4.22. The van der Waals surface area contributed by atoms with E-state index < -0.39 is 24.1 Å². The number of ether oxygens (including phenoxy) is 1. The number of hydrogen-bond donors (Lipinski definition) is 2. The molecule has 1 aliphatic carbocycles. The Morgan fingerprint density at radius 2 is 1.84 bits per heavy atom. The fourth-order valence-corrected chi connectivity index (χ4v) is 5.20. The van der Waals surface area contributed by atoms with Crippen LogP contribution in [0.3, 0.4) is 0 Å². The zero-order valence-electron chi connectivity index (χ0n) is 19.2. The van der Waals surface area contributed by atoms with Crippen molar-refractivity contribution in [3.05, 3.63) is 35.9 Å². The molecule has 1 aromatic carbocycles. The van der Waals surface area contributed by atoms with Crippen molar-refractivity contribution in [3.63, 3.8) is 0 Å². The standard InChI is InChI=1S/C25H36N2O5/c1-3-32-25(31)21(14-13-18-9-5-4-6-10-18)26-17(2)23(28)27-16-20-12-8-7-11-19(20)15-22(27)24(29)30/h4-6,9-10,17,19-22,26H,3,7-8,11-16H2,1-2H3,(H,29,30)/t17-,19?,20?,21?,22-/m0/s1. The first kappa shape index (κ1) is 24.2. The molecular formula is C25H36N2O5. The second-order valence-corrected chi connectivity index (χ2v) is 9.10. The van der Waals surface area contributed by atoms with Gasteiger partial charge in [-0.25, -0.2) is 4.79 Å². The lowest BCUT2D eigenvalue weighted by atomic mass is 9.73. The van der Waals surface area contributed by atoms with Crippen LogP contribution in [0.25, 0.3) is 0 Å². The first-order chi connectivity index (χ1) is 15.4. The fourth-order valence-electron chi connectivity index (χ4n) is 5.20. The molecule has 3 rings (SSSR count). The number of aryl methyl sites for hydroxylation is 1. The first-order valence-corrected chi connectivity index (χ1v) is 11.9. The highest BCUT2D eigenvalue weighted by atomic mass is 16.5. The zero-order chi connectivity index (χ0) is 23.1. The van der Waals surface area contributed by atoms with E-state index in [1.807, 2.05) is 30.3 Å². The third-order valence-electron chi connectivity index (χ3n) is 6.93. The molecule has 0 radical (unpaired) electrons. The van der Waals surface area contributed by atoms with Gasteiger partial charge in [-0.05, 0) is 56.9 Å². The molecule has 1 saturated heterocycles. The number of likely N-dealkylation sites (tertiary alicyclic amines) is 1. The number of carboxylic acids is 1. The summed E-state index contributed by atoms with van der Waals surface area (Å²) in [5.41, 5.74) is 1.10. The number of nitrogens with one attached hydrogen (secondary N) is 1. The van der Waals surface area contributed by atoms with Gasteiger partial charge in [0.25, 0.3) is 0 Å². The lowest BCUT2D eigenvalue weighted by Gasteiger charge is -2.45. The third-order valence-corrected chi connectivity index (χ3v) is 6.93. The van der Waals surface area contributed by atoms with Gasteiger partial charge < -0.3 is 14.7 Å². The van der Waals surface area contributed by atoms with Gasteiger partial charge in [0.2, 0.25) is 5.91 Å². The Balaban J connectivity index is 1.67. The SMILES string of the molecule is CCOC(=O)C(CCc1ccccc1)N[C@@H](C)C(=O)N1CC2CCCCC2C[C@H]1C(=O)O. The van der Waals surface area contributed by atoms with Crippen LogP contribution in [0.4, 0.5) is 0 Å². The molecular weight excluding hydrogens is 408 g/mol. The summed E-state index contributed by atoms with van der Waals surface area (Å²) in [6.07, 6.45) is 6.06. The Bertz CT molecular complexity index is 784. The van der Waals surface area contributed by atoms with Crippen LogP contribution in [0.1, 0.15) is 57.9 Å². The van der Waals surface area contributed by atoms with Crippen molar-refractivity contribution in [3.8, 4) is 0 Å². The Kier molecular flexibility index (Phi) is 8.67. The summed E-state index contributed by atoms with van der Waals surface area (Å²) in [4.78, 5) is 39.4. The van der Waals surface area contributed by atoms with Gasteiger partial charge in [0.15, 0.2) is 0 Å². The molecule has 7 nitrogen and oxygen atoms in total. The summed E-state index contributed by atoms with van der Waals surface area (Å²) in [7, 11) is 0. The zero-order valence-corrected chi connectivity index (χ0v) is 19.2. The number of aliphatic carboxylic acids is 1. The van der Waals surface area contributed by atoms with E-state index in [0.29, 0.717) is 37.6 Å². The summed E-state index contributed by atoms with van der Waals surface area (Å²) in [5.74, 6) is -0.829. The Morgan fingerprint density at radius 1 is 1.16 bits per heavy atom. The van der Waals surface area contributed by atoms with E-state index in [-0.39, 0.29) is 18.5 Å². The minimum Gasteiger partial charge on any atom is -0.480 e. The number of nitrogens with zero attached hydrogens (tertiary/aromatic N) is 1. The minimum atomic E-state index is -0.944. The van der Waals surface area contributed by atoms with E-state index in [9.17, 15) is 19.5 Å². The van der Waals surface area contributed by atoms with Gasteiger partial charge in [-0.1, -0.05) is 49.6 Å². The summed E-state index contributed by atoms with van der Waals surface area (Å²) >= 11 is 0. The average molecular weight is 445 g/mol. The summed E-state index contributed by atoms with van der Waals surface area (Å²) < 4.78 is 5.23. The topological polar surface area (TPSA) is 95.9 Å². The Labute approximate surface area is 190 Å². The summed E-state index contributed by atoms with van der Waals surface area (Å²) in [5, 5.41) is 12.9. The first-order valence-electron chi connectivity index (χ1n) is 11.9. The molecule has 0 aromatic heterocycles. The van der Waals surface area contributed by atoms with Gasteiger partial charge in [-0.2, -0.15) is 0 Å². The molecule has 7 heteroatoms. The average Bonchev–Trinajstić information content (AvgIpc) is 2.80. The quantitative estimate of drug-likeness (QED) is 0.569. The highest BCUT2D eigenvalue weighted by Crippen LogP contribution is 2.38. The molecule has 176 valence electrons. The Morgan fingerprint density at radius 3 is 2.50 bits per heavy atom. The van der Waals surface area contributed by atoms with Gasteiger partial charge >= 0.3 is 11.9 Å². The van der Waals surface area contributed by atoms with E-state index in [1.165, 1.54) is 4.90 Å². The van der Waals surface area contributed by atoms with Gasteiger partial charge in [-0.15, -0.1) is 0 Å². The number of carbonyl (C=O) groups is 3. The van der Waals surface area contributed by atoms with E-state index in [0.717, 1.165) is 31.2 Å². The molecule has 1 saturated carbocycles. The molecule has 2 N–H and O–H groups in total. The molecule has 2 aliphatic rings. The van der Waals surface area contributed by atoms with Crippen molar-refractivity contribution >= 4 is 17.8 Å². The van der Waals surface area contributed by atoms with E-state index >= 15 is 0 Å². The van der Waals surface area contributed by atoms with Gasteiger partial charge in [0, 0.05) is 6.54 Å². The van der Waals surface area contributed by atoms with Crippen molar-refractivity contribution in [2.45, 2.75) is 76.9 Å². The number of rotatable bonds is 9.